The summed E-state index contributed by atoms with van der Waals surface area (Å²) in [6.07, 6.45) is 1.35. The molecule has 0 aliphatic carbocycles. The Kier molecular flexibility index (Phi) is 2.61. The molecule has 98 valence electrons. The monoisotopic (exact) mass is 240 g/mol. The number of hydrogen-bond donors (Lipinski definition) is 1. The van der Waals surface area contributed by atoms with E-state index >= 15 is 0 Å². The second-order valence-electron chi connectivity index (χ2n) is 6.87. The van der Waals surface area contributed by atoms with Crippen molar-refractivity contribution >= 4 is 5.91 Å². The zero-order chi connectivity index (χ0) is 13.1. The average molecular weight is 240 g/mol. The van der Waals surface area contributed by atoms with Gasteiger partial charge in [-0.2, -0.15) is 0 Å². The molecule has 1 N–H and O–H groups in total. The van der Waals surface area contributed by atoms with Crippen LogP contribution in [0.1, 0.15) is 47.5 Å². The fourth-order valence-corrected chi connectivity index (χ4v) is 3.67. The first-order valence-electron chi connectivity index (χ1n) is 6.31. The van der Waals surface area contributed by atoms with Crippen LogP contribution in [-0.2, 0) is 9.53 Å². The van der Waals surface area contributed by atoms with Crippen molar-refractivity contribution in [2.24, 2.45) is 0 Å². The number of ether oxygens (including phenoxy) is 1. The molecule has 2 heterocycles. The Labute approximate surface area is 104 Å². The number of nitrogens with one attached hydrogen (secondary N) is 1. The molecule has 2 aliphatic rings. The standard InChI is InChI=1S/C13H24N2O2/c1-9-15(6)10(16)13(17-9)7-11(2,3)14-12(4,5)8-13/h9,14H,7-8H2,1-6H3. The van der Waals surface area contributed by atoms with E-state index < -0.39 is 5.60 Å². The third-order valence-electron chi connectivity index (χ3n) is 3.78. The van der Waals surface area contributed by atoms with Gasteiger partial charge in [0.1, 0.15) is 6.23 Å². The molecule has 0 aromatic rings. The zero-order valence-corrected chi connectivity index (χ0v) is 11.8. The zero-order valence-electron chi connectivity index (χ0n) is 11.8. The van der Waals surface area contributed by atoms with E-state index in [-0.39, 0.29) is 23.2 Å². The third-order valence-corrected chi connectivity index (χ3v) is 3.78. The van der Waals surface area contributed by atoms with Crippen LogP contribution < -0.4 is 5.32 Å². The second kappa shape index (κ2) is 3.45. The summed E-state index contributed by atoms with van der Waals surface area (Å²) in [4.78, 5) is 14.2. The molecule has 0 radical (unpaired) electrons. The summed E-state index contributed by atoms with van der Waals surface area (Å²) in [6.45, 7) is 10.5. The highest BCUT2D eigenvalue weighted by atomic mass is 16.5. The Balaban J connectivity index is 2.35. The van der Waals surface area contributed by atoms with Gasteiger partial charge in [0, 0.05) is 31.0 Å². The quantitative estimate of drug-likeness (QED) is 0.697. The molecular formula is C13H24N2O2. The smallest absolute Gasteiger partial charge is 0.256 e. The molecule has 0 aromatic heterocycles. The van der Waals surface area contributed by atoms with Crippen LogP contribution in [0.4, 0.5) is 0 Å². The van der Waals surface area contributed by atoms with Crippen molar-refractivity contribution in [3.63, 3.8) is 0 Å². The Morgan fingerprint density at radius 1 is 1.24 bits per heavy atom. The van der Waals surface area contributed by atoms with Crippen molar-refractivity contribution in [1.29, 1.82) is 0 Å². The number of hydrogen-bond acceptors (Lipinski definition) is 3. The molecule has 1 atom stereocenters. The number of likely N-dealkylation sites (N-methyl/N-ethyl adjacent to an activating group) is 1. The van der Waals surface area contributed by atoms with E-state index in [0.717, 1.165) is 12.8 Å². The molecule has 1 amide bonds. The van der Waals surface area contributed by atoms with Gasteiger partial charge in [0.2, 0.25) is 0 Å². The summed E-state index contributed by atoms with van der Waals surface area (Å²) in [6, 6.07) is 0. The van der Waals surface area contributed by atoms with Crippen LogP contribution in [0.3, 0.4) is 0 Å². The summed E-state index contributed by atoms with van der Waals surface area (Å²) in [5.74, 6) is 0.132. The Bertz CT molecular complexity index is 333. The van der Waals surface area contributed by atoms with Crippen molar-refractivity contribution in [2.75, 3.05) is 7.05 Å². The summed E-state index contributed by atoms with van der Waals surface area (Å²) in [7, 11) is 1.82. The topological polar surface area (TPSA) is 41.6 Å². The first-order chi connectivity index (χ1) is 7.57. The highest BCUT2D eigenvalue weighted by Gasteiger charge is 2.58. The van der Waals surface area contributed by atoms with E-state index in [0.29, 0.717) is 0 Å². The highest BCUT2D eigenvalue weighted by Crippen LogP contribution is 2.43. The molecule has 4 nitrogen and oxygen atoms in total. The van der Waals surface area contributed by atoms with Crippen molar-refractivity contribution < 1.29 is 9.53 Å². The van der Waals surface area contributed by atoms with Gasteiger partial charge in [-0.1, -0.05) is 0 Å². The van der Waals surface area contributed by atoms with Gasteiger partial charge in [0.05, 0.1) is 0 Å². The first kappa shape index (κ1) is 12.8. The lowest BCUT2D eigenvalue weighted by Gasteiger charge is -2.49. The van der Waals surface area contributed by atoms with Crippen LogP contribution in [0, 0.1) is 0 Å². The maximum atomic E-state index is 12.4. The van der Waals surface area contributed by atoms with Crippen molar-refractivity contribution in [3.05, 3.63) is 0 Å². The third kappa shape index (κ3) is 2.08. The number of rotatable bonds is 0. The predicted octanol–water partition coefficient (Wildman–Crippen LogP) is 1.50. The molecule has 0 aromatic carbocycles. The van der Waals surface area contributed by atoms with Gasteiger partial charge < -0.3 is 15.0 Å². The second-order valence-corrected chi connectivity index (χ2v) is 6.87. The first-order valence-corrected chi connectivity index (χ1v) is 6.31. The van der Waals surface area contributed by atoms with E-state index in [1.165, 1.54) is 0 Å². The average Bonchev–Trinajstić information content (AvgIpc) is 2.25. The van der Waals surface area contributed by atoms with Gasteiger partial charge in [-0.15, -0.1) is 0 Å². The molecule has 17 heavy (non-hydrogen) atoms. The molecule has 2 saturated heterocycles. The van der Waals surface area contributed by atoms with Crippen LogP contribution >= 0.6 is 0 Å². The lowest BCUT2D eigenvalue weighted by molar-refractivity contribution is -0.146. The number of nitrogens with zero attached hydrogens (tertiary/aromatic N) is 1. The minimum atomic E-state index is -0.633. The lowest BCUT2D eigenvalue weighted by atomic mass is 9.72. The van der Waals surface area contributed by atoms with Crippen molar-refractivity contribution in [3.8, 4) is 0 Å². The van der Waals surface area contributed by atoms with E-state index in [1.807, 2.05) is 14.0 Å². The number of piperidine rings is 1. The van der Waals surface area contributed by atoms with Crippen LogP contribution in [-0.4, -0.2) is 40.8 Å². The maximum Gasteiger partial charge on any atom is 0.256 e. The van der Waals surface area contributed by atoms with E-state index in [1.54, 1.807) is 4.90 Å². The van der Waals surface area contributed by atoms with E-state index in [2.05, 4.69) is 33.0 Å². The van der Waals surface area contributed by atoms with E-state index in [4.69, 9.17) is 4.74 Å². The van der Waals surface area contributed by atoms with E-state index in [9.17, 15) is 4.79 Å². The SMILES string of the molecule is CC1OC2(CC(C)(C)NC(C)(C)C2)C(=O)N1C. The van der Waals surface area contributed by atoms with Gasteiger partial charge in [0.15, 0.2) is 5.60 Å². The minimum absolute atomic E-state index is 0.0810. The number of carbonyl (C=O) groups excluding carboxylic acids is 1. The van der Waals surface area contributed by atoms with Crippen molar-refractivity contribution in [2.45, 2.75) is 70.4 Å². The molecular weight excluding hydrogens is 216 g/mol. The Morgan fingerprint density at radius 3 is 2.06 bits per heavy atom. The Hall–Kier alpha value is -0.610. The summed E-state index contributed by atoms with van der Waals surface area (Å²) in [5, 5.41) is 3.58. The van der Waals surface area contributed by atoms with Crippen LogP contribution in [0.15, 0.2) is 0 Å². The molecule has 2 fully saturated rings. The van der Waals surface area contributed by atoms with Gasteiger partial charge in [-0.25, -0.2) is 0 Å². The molecule has 1 spiro atoms. The fraction of sp³-hybridized carbons (Fsp3) is 0.923. The maximum absolute atomic E-state index is 12.4. The van der Waals surface area contributed by atoms with Crippen LogP contribution in [0.2, 0.25) is 0 Å². The molecule has 2 aliphatic heterocycles. The van der Waals surface area contributed by atoms with Gasteiger partial charge >= 0.3 is 0 Å². The van der Waals surface area contributed by atoms with Gasteiger partial charge in [-0.05, 0) is 34.6 Å². The van der Waals surface area contributed by atoms with Gasteiger partial charge in [-0.3, -0.25) is 4.79 Å². The summed E-state index contributed by atoms with van der Waals surface area (Å²) >= 11 is 0. The van der Waals surface area contributed by atoms with Crippen LogP contribution in [0.25, 0.3) is 0 Å². The predicted molar refractivity (Wildman–Crippen MR) is 66.6 cm³/mol. The van der Waals surface area contributed by atoms with Crippen LogP contribution in [0.5, 0.6) is 0 Å². The van der Waals surface area contributed by atoms with Gasteiger partial charge in [0.25, 0.3) is 5.91 Å². The molecule has 1 unspecified atom stereocenters. The fourth-order valence-electron chi connectivity index (χ4n) is 3.67. The molecule has 0 bridgehead atoms. The molecule has 2 rings (SSSR count). The minimum Gasteiger partial charge on any atom is -0.342 e. The highest BCUT2D eigenvalue weighted by molar-refractivity contribution is 5.87. The van der Waals surface area contributed by atoms with Crippen molar-refractivity contribution in [1.82, 2.24) is 10.2 Å². The molecule has 0 saturated carbocycles. The largest absolute Gasteiger partial charge is 0.342 e. The lowest BCUT2D eigenvalue weighted by Crippen LogP contribution is -2.65. The summed E-state index contributed by atoms with van der Waals surface area (Å²) < 4.78 is 6.02. The molecule has 4 heteroatoms. The number of carbonyl (C=O) groups is 1. The normalized spacial score (nSPS) is 34.4. The summed E-state index contributed by atoms with van der Waals surface area (Å²) in [5.41, 5.74) is -0.795. The Morgan fingerprint density at radius 2 is 1.71 bits per heavy atom. The number of amides is 1.